The minimum atomic E-state index is -0.972. The van der Waals surface area contributed by atoms with Gasteiger partial charge in [0.1, 0.15) is 11.3 Å². The zero-order valence-corrected chi connectivity index (χ0v) is 15.0. The molecule has 0 radical (unpaired) electrons. The second kappa shape index (κ2) is 5.93. The van der Waals surface area contributed by atoms with Gasteiger partial charge >= 0.3 is 0 Å². The van der Waals surface area contributed by atoms with Crippen molar-refractivity contribution in [2.75, 3.05) is 13.1 Å². The summed E-state index contributed by atoms with van der Waals surface area (Å²) < 4.78 is 7.11. The van der Waals surface area contributed by atoms with Crippen molar-refractivity contribution in [3.63, 3.8) is 0 Å². The lowest BCUT2D eigenvalue weighted by atomic mass is 9.96. The van der Waals surface area contributed by atoms with E-state index in [1.165, 1.54) is 0 Å². The Morgan fingerprint density at radius 3 is 2.71 bits per heavy atom. The van der Waals surface area contributed by atoms with Gasteiger partial charge in [0, 0.05) is 24.5 Å². The lowest BCUT2D eigenvalue weighted by molar-refractivity contribution is 0.0397. The van der Waals surface area contributed by atoms with Crippen molar-refractivity contribution < 1.29 is 9.63 Å². The first kappa shape index (κ1) is 17.0. The molecule has 8 nitrogen and oxygen atoms in total. The largest absolute Gasteiger partial charge is 0.382 e. The number of nitrogens with zero attached hydrogens (tertiary/aromatic N) is 6. The van der Waals surface area contributed by atoms with Crippen LogP contribution in [0.1, 0.15) is 64.5 Å². The maximum atomic E-state index is 10.9. The quantitative estimate of drug-likeness (QED) is 0.908. The van der Waals surface area contributed by atoms with Crippen molar-refractivity contribution in [1.82, 2.24) is 30.0 Å². The van der Waals surface area contributed by atoms with Gasteiger partial charge in [0.05, 0.1) is 12.7 Å². The van der Waals surface area contributed by atoms with E-state index in [1.807, 2.05) is 40.8 Å². The van der Waals surface area contributed by atoms with Crippen LogP contribution in [-0.2, 0) is 17.6 Å². The van der Waals surface area contributed by atoms with Crippen LogP contribution >= 0.6 is 0 Å². The number of rotatable bonds is 4. The fourth-order valence-corrected chi connectivity index (χ4v) is 2.77. The second-order valence-corrected chi connectivity index (χ2v) is 7.93. The van der Waals surface area contributed by atoms with Gasteiger partial charge in [-0.25, -0.2) is 4.68 Å². The van der Waals surface area contributed by atoms with E-state index < -0.39 is 5.60 Å². The Labute approximate surface area is 141 Å². The van der Waals surface area contributed by atoms with Crippen LogP contribution in [0.2, 0.25) is 0 Å². The molecule has 132 valence electrons. The Morgan fingerprint density at radius 2 is 2.12 bits per heavy atom. The van der Waals surface area contributed by atoms with Crippen LogP contribution in [0.15, 0.2) is 10.7 Å². The molecule has 0 aromatic carbocycles. The molecule has 1 saturated heterocycles. The van der Waals surface area contributed by atoms with Crippen LogP contribution in [0.3, 0.4) is 0 Å². The summed E-state index contributed by atoms with van der Waals surface area (Å²) in [6, 6.07) is 0.224. The molecule has 0 aliphatic carbocycles. The van der Waals surface area contributed by atoms with E-state index in [1.54, 1.807) is 4.68 Å². The van der Waals surface area contributed by atoms with Gasteiger partial charge in [0.15, 0.2) is 5.82 Å². The molecule has 8 heteroatoms. The Morgan fingerprint density at radius 1 is 1.38 bits per heavy atom. The second-order valence-electron chi connectivity index (χ2n) is 7.93. The fourth-order valence-electron chi connectivity index (χ4n) is 2.77. The molecule has 0 bridgehead atoms. The van der Waals surface area contributed by atoms with Crippen molar-refractivity contribution in [2.24, 2.45) is 0 Å². The van der Waals surface area contributed by atoms with E-state index >= 15 is 0 Å². The Balaban J connectivity index is 1.67. The van der Waals surface area contributed by atoms with Gasteiger partial charge in [-0.2, -0.15) is 4.98 Å². The number of β-amino-alcohol motifs (C(OH)–C–C–N with tert-alkyl or cyclic N) is 1. The normalized spacial score (nSPS) is 22.6. The minimum absolute atomic E-state index is 0.136. The van der Waals surface area contributed by atoms with Crippen LogP contribution in [0.4, 0.5) is 0 Å². The summed E-state index contributed by atoms with van der Waals surface area (Å²) in [5.41, 5.74) is -0.484. The van der Waals surface area contributed by atoms with Crippen molar-refractivity contribution in [1.29, 1.82) is 0 Å². The van der Waals surface area contributed by atoms with Crippen molar-refractivity contribution >= 4 is 0 Å². The predicted octanol–water partition coefficient (Wildman–Crippen LogP) is 1.63. The lowest BCUT2D eigenvalue weighted by Gasteiger charge is -2.20. The average molecular weight is 334 g/mol. The molecular weight excluding hydrogens is 308 g/mol. The molecule has 1 aliphatic heterocycles. The van der Waals surface area contributed by atoms with Gasteiger partial charge in [0.25, 0.3) is 0 Å². The summed E-state index contributed by atoms with van der Waals surface area (Å²) >= 11 is 0. The molecule has 0 amide bonds. The first-order valence-electron chi connectivity index (χ1n) is 8.37. The molecule has 1 N–H and O–H groups in total. The molecule has 1 aliphatic rings. The smallest absolute Gasteiger partial charge is 0.240 e. The van der Waals surface area contributed by atoms with E-state index in [0.29, 0.717) is 36.9 Å². The van der Waals surface area contributed by atoms with Crippen molar-refractivity contribution in [2.45, 2.75) is 64.6 Å². The summed E-state index contributed by atoms with van der Waals surface area (Å²) in [4.78, 5) is 6.57. The van der Waals surface area contributed by atoms with E-state index in [9.17, 15) is 5.11 Å². The molecule has 0 unspecified atom stereocenters. The highest BCUT2D eigenvalue weighted by Gasteiger charge is 2.40. The molecule has 24 heavy (non-hydrogen) atoms. The number of aromatic nitrogens is 5. The van der Waals surface area contributed by atoms with E-state index in [4.69, 9.17) is 4.52 Å². The Hall–Kier alpha value is -1.80. The van der Waals surface area contributed by atoms with Crippen LogP contribution in [0.25, 0.3) is 0 Å². The van der Waals surface area contributed by atoms with E-state index in [0.717, 1.165) is 6.54 Å². The molecule has 0 saturated carbocycles. The molecule has 0 spiro atoms. The first-order valence-corrected chi connectivity index (χ1v) is 8.37. The van der Waals surface area contributed by atoms with Crippen molar-refractivity contribution in [3.05, 3.63) is 23.6 Å². The summed E-state index contributed by atoms with van der Waals surface area (Å²) in [6.45, 7) is 12.0. The average Bonchev–Trinajstić information content (AvgIpc) is 3.18. The number of hydrogen-bond donors (Lipinski definition) is 1. The fraction of sp³-hybridized carbons (Fsp3) is 0.750. The van der Waals surface area contributed by atoms with Crippen LogP contribution < -0.4 is 0 Å². The molecule has 3 rings (SSSR count). The molecule has 2 aromatic heterocycles. The zero-order valence-electron chi connectivity index (χ0n) is 15.0. The number of aliphatic hydroxyl groups is 1. The third-order valence-corrected chi connectivity index (χ3v) is 4.34. The molecule has 1 fully saturated rings. The van der Waals surface area contributed by atoms with Gasteiger partial charge in [-0.05, 0) is 20.3 Å². The number of likely N-dealkylation sites (tertiary alicyclic amines) is 1. The van der Waals surface area contributed by atoms with Crippen LogP contribution in [0, 0.1) is 0 Å². The SMILES string of the molecule is CC(C)n1cc([C@]2(O)CCN(Cc3nc(C(C)(C)C)no3)C2)nn1. The Bertz CT molecular complexity index is 701. The predicted molar refractivity (Wildman–Crippen MR) is 87.2 cm³/mol. The first-order chi connectivity index (χ1) is 11.2. The highest BCUT2D eigenvalue weighted by atomic mass is 16.5. The number of hydrogen-bond acceptors (Lipinski definition) is 7. The highest BCUT2D eigenvalue weighted by molar-refractivity contribution is 5.11. The highest BCUT2D eigenvalue weighted by Crippen LogP contribution is 2.31. The van der Waals surface area contributed by atoms with Gasteiger partial charge in [-0.1, -0.05) is 31.1 Å². The summed E-state index contributed by atoms with van der Waals surface area (Å²) in [6.07, 6.45) is 2.45. The summed E-state index contributed by atoms with van der Waals surface area (Å²) in [5, 5.41) is 23.2. The summed E-state index contributed by atoms with van der Waals surface area (Å²) in [5.74, 6) is 1.28. The van der Waals surface area contributed by atoms with Gasteiger partial charge in [-0.3, -0.25) is 4.90 Å². The third-order valence-electron chi connectivity index (χ3n) is 4.34. The minimum Gasteiger partial charge on any atom is -0.382 e. The monoisotopic (exact) mass is 334 g/mol. The van der Waals surface area contributed by atoms with Gasteiger partial charge in [-0.15, -0.1) is 5.10 Å². The molecule has 1 atom stereocenters. The summed E-state index contributed by atoms with van der Waals surface area (Å²) in [7, 11) is 0. The standard InChI is InChI=1S/C16H26N6O2/c1-11(2)22-8-12(18-20-22)16(23)6-7-21(10-16)9-13-17-14(19-24-13)15(3,4)5/h8,11,23H,6-7,9-10H2,1-5H3/t16-/m0/s1. The topological polar surface area (TPSA) is 93.1 Å². The lowest BCUT2D eigenvalue weighted by Crippen LogP contribution is -2.31. The van der Waals surface area contributed by atoms with Gasteiger partial charge in [0.2, 0.25) is 5.89 Å². The third kappa shape index (κ3) is 3.34. The van der Waals surface area contributed by atoms with E-state index in [-0.39, 0.29) is 11.5 Å². The van der Waals surface area contributed by atoms with Crippen LogP contribution in [0.5, 0.6) is 0 Å². The molecular formula is C16H26N6O2. The maximum absolute atomic E-state index is 10.9. The Kier molecular flexibility index (Phi) is 4.21. The maximum Gasteiger partial charge on any atom is 0.240 e. The van der Waals surface area contributed by atoms with Crippen LogP contribution in [-0.4, -0.2) is 48.2 Å². The van der Waals surface area contributed by atoms with E-state index in [2.05, 4.69) is 25.4 Å². The van der Waals surface area contributed by atoms with Gasteiger partial charge < -0.3 is 9.63 Å². The zero-order chi connectivity index (χ0) is 17.5. The molecule has 2 aromatic rings. The molecule has 3 heterocycles. The van der Waals surface area contributed by atoms with Crippen molar-refractivity contribution in [3.8, 4) is 0 Å².